The van der Waals surface area contributed by atoms with Crippen molar-refractivity contribution in [1.29, 1.82) is 0 Å². The molecule has 6 heteroatoms. The maximum Gasteiger partial charge on any atom is 0.271 e. The van der Waals surface area contributed by atoms with Crippen molar-refractivity contribution in [2.45, 2.75) is 32.2 Å². The van der Waals surface area contributed by atoms with Gasteiger partial charge in [0.05, 0.1) is 11.9 Å². The van der Waals surface area contributed by atoms with Gasteiger partial charge in [-0.1, -0.05) is 6.92 Å². The van der Waals surface area contributed by atoms with Gasteiger partial charge in [-0.3, -0.25) is 9.48 Å². The van der Waals surface area contributed by atoms with Crippen molar-refractivity contribution in [1.82, 2.24) is 20.0 Å². The first-order valence-corrected chi connectivity index (χ1v) is 6.92. The van der Waals surface area contributed by atoms with Gasteiger partial charge in [-0.2, -0.15) is 5.10 Å². The van der Waals surface area contributed by atoms with Gasteiger partial charge in [-0.25, -0.2) is 0 Å². The largest absolute Gasteiger partial charge is 0.396 e. The maximum atomic E-state index is 12.2. The molecular formula is C13H23N5O. The lowest BCUT2D eigenvalue weighted by Gasteiger charge is -2.32. The van der Waals surface area contributed by atoms with Gasteiger partial charge < -0.3 is 16.0 Å². The van der Waals surface area contributed by atoms with E-state index in [2.05, 4.69) is 22.2 Å². The summed E-state index contributed by atoms with van der Waals surface area (Å²) in [6.45, 7) is 5.45. The number of nitrogens with two attached hydrogens (primary N) is 1. The van der Waals surface area contributed by atoms with Crippen LogP contribution in [-0.2, 0) is 7.05 Å². The number of hydrogen-bond acceptors (Lipinski definition) is 4. The molecule has 0 bridgehead atoms. The molecule has 106 valence electrons. The smallest absolute Gasteiger partial charge is 0.271 e. The average Bonchev–Trinajstić information content (AvgIpc) is 2.72. The molecule has 1 aromatic heterocycles. The SMILES string of the molecule is CCCN1CCC(NC(=O)c2c(N)cnn2C)CC1. The third-order valence-electron chi connectivity index (χ3n) is 3.64. The zero-order valence-electron chi connectivity index (χ0n) is 11.7. The third kappa shape index (κ3) is 3.26. The molecule has 1 saturated heterocycles. The van der Waals surface area contributed by atoms with Crippen LogP contribution < -0.4 is 11.1 Å². The number of likely N-dealkylation sites (tertiary alicyclic amines) is 1. The normalized spacial score (nSPS) is 17.6. The van der Waals surface area contributed by atoms with Crippen LogP contribution in [0, 0.1) is 0 Å². The number of hydrogen-bond donors (Lipinski definition) is 2. The molecular weight excluding hydrogens is 242 g/mol. The minimum absolute atomic E-state index is 0.119. The van der Waals surface area contributed by atoms with Crippen molar-refractivity contribution in [2.75, 3.05) is 25.4 Å². The first-order valence-electron chi connectivity index (χ1n) is 6.92. The molecule has 0 aromatic carbocycles. The van der Waals surface area contributed by atoms with Gasteiger partial charge in [0.25, 0.3) is 5.91 Å². The minimum atomic E-state index is -0.119. The summed E-state index contributed by atoms with van der Waals surface area (Å²) in [5.41, 5.74) is 6.64. The lowest BCUT2D eigenvalue weighted by molar-refractivity contribution is 0.0902. The molecule has 0 radical (unpaired) electrons. The Morgan fingerprint density at radius 1 is 1.53 bits per heavy atom. The van der Waals surface area contributed by atoms with E-state index in [0.717, 1.165) is 32.5 Å². The standard InChI is InChI=1S/C13H23N5O/c1-3-6-18-7-4-10(5-8-18)16-13(19)12-11(14)9-15-17(12)2/h9-10H,3-8,14H2,1-2H3,(H,16,19). The Labute approximate surface area is 113 Å². The van der Waals surface area contributed by atoms with Crippen molar-refractivity contribution in [3.8, 4) is 0 Å². The summed E-state index contributed by atoms with van der Waals surface area (Å²) in [6, 6.07) is 0.245. The summed E-state index contributed by atoms with van der Waals surface area (Å²) in [5, 5.41) is 7.05. The van der Waals surface area contributed by atoms with Gasteiger partial charge in [-0.05, 0) is 25.8 Å². The van der Waals surface area contributed by atoms with E-state index in [9.17, 15) is 4.79 Å². The number of amides is 1. The van der Waals surface area contributed by atoms with Gasteiger partial charge in [0.2, 0.25) is 0 Å². The Bertz CT molecular complexity index is 415. The lowest BCUT2D eigenvalue weighted by atomic mass is 10.0. The zero-order valence-corrected chi connectivity index (χ0v) is 11.7. The fraction of sp³-hybridized carbons (Fsp3) is 0.692. The second-order valence-electron chi connectivity index (χ2n) is 5.16. The molecule has 0 saturated carbocycles. The molecule has 0 atom stereocenters. The molecule has 1 aliphatic rings. The highest BCUT2D eigenvalue weighted by Crippen LogP contribution is 2.13. The van der Waals surface area contributed by atoms with Crippen molar-refractivity contribution in [3.05, 3.63) is 11.9 Å². The monoisotopic (exact) mass is 265 g/mol. The second-order valence-corrected chi connectivity index (χ2v) is 5.16. The number of carbonyl (C=O) groups is 1. The molecule has 1 fully saturated rings. The van der Waals surface area contributed by atoms with Crippen LogP contribution in [0.2, 0.25) is 0 Å². The molecule has 6 nitrogen and oxygen atoms in total. The van der Waals surface area contributed by atoms with Gasteiger partial charge in [0.15, 0.2) is 0 Å². The molecule has 2 rings (SSSR count). The van der Waals surface area contributed by atoms with Gasteiger partial charge >= 0.3 is 0 Å². The molecule has 3 N–H and O–H groups in total. The van der Waals surface area contributed by atoms with Crippen LogP contribution in [0.3, 0.4) is 0 Å². The number of nitrogens with zero attached hydrogens (tertiary/aromatic N) is 3. The lowest BCUT2D eigenvalue weighted by Crippen LogP contribution is -2.45. The number of aromatic nitrogens is 2. The number of piperidine rings is 1. The Morgan fingerprint density at radius 2 is 2.21 bits per heavy atom. The summed E-state index contributed by atoms with van der Waals surface area (Å²) in [6.07, 6.45) is 4.70. The molecule has 0 aliphatic carbocycles. The Hall–Kier alpha value is -1.56. The van der Waals surface area contributed by atoms with Gasteiger partial charge in [0, 0.05) is 26.2 Å². The summed E-state index contributed by atoms with van der Waals surface area (Å²) in [4.78, 5) is 14.6. The van der Waals surface area contributed by atoms with Crippen LogP contribution >= 0.6 is 0 Å². The van der Waals surface area contributed by atoms with E-state index in [0.29, 0.717) is 11.4 Å². The molecule has 2 heterocycles. The van der Waals surface area contributed by atoms with Crippen molar-refractivity contribution in [2.24, 2.45) is 7.05 Å². The van der Waals surface area contributed by atoms with Crippen LogP contribution in [0.25, 0.3) is 0 Å². The van der Waals surface area contributed by atoms with Crippen molar-refractivity contribution in [3.63, 3.8) is 0 Å². The van der Waals surface area contributed by atoms with Crippen molar-refractivity contribution < 1.29 is 4.79 Å². The van der Waals surface area contributed by atoms with Gasteiger partial charge in [0.1, 0.15) is 5.69 Å². The Kier molecular flexibility index (Phi) is 4.42. The number of aryl methyl sites for hydroxylation is 1. The second kappa shape index (κ2) is 6.06. The number of nitrogens with one attached hydrogen (secondary N) is 1. The quantitative estimate of drug-likeness (QED) is 0.836. The number of carbonyl (C=O) groups excluding carboxylic acids is 1. The van der Waals surface area contributed by atoms with Crippen LogP contribution in [0.1, 0.15) is 36.7 Å². The highest BCUT2D eigenvalue weighted by molar-refractivity contribution is 5.97. The van der Waals surface area contributed by atoms with Crippen LogP contribution in [0.15, 0.2) is 6.20 Å². The van der Waals surface area contributed by atoms with Crippen molar-refractivity contribution >= 4 is 11.6 Å². The minimum Gasteiger partial charge on any atom is -0.396 e. The van der Waals surface area contributed by atoms with E-state index in [-0.39, 0.29) is 11.9 Å². The number of nitrogen functional groups attached to an aromatic ring is 1. The third-order valence-corrected chi connectivity index (χ3v) is 3.64. The predicted molar refractivity (Wildman–Crippen MR) is 74.8 cm³/mol. The first kappa shape index (κ1) is 13.9. The Balaban J connectivity index is 1.88. The van der Waals surface area contributed by atoms with Crippen LogP contribution in [0.4, 0.5) is 5.69 Å². The van der Waals surface area contributed by atoms with Crippen LogP contribution in [0.5, 0.6) is 0 Å². The van der Waals surface area contributed by atoms with E-state index < -0.39 is 0 Å². The summed E-state index contributed by atoms with van der Waals surface area (Å²) >= 11 is 0. The molecule has 1 amide bonds. The van der Waals surface area contributed by atoms with E-state index in [4.69, 9.17) is 5.73 Å². The molecule has 1 aromatic rings. The fourth-order valence-corrected chi connectivity index (χ4v) is 2.60. The summed E-state index contributed by atoms with van der Waals surface area (Å²) in [7, 11) is 1.73. The topological polar surface area (TPSA) is 76.2 Å². The number of anilines is 1. The van der Waals surface area contributed by atoms with E-state index >= 15 is 0 Å². The Morgan fingerprint density at radius 3 is 2.74 bits per heavy atom. The molecule has 0 spiro atoms. The molecule has 0 unspecified atom stereocenters. The van der Waals surface area contributed by atoms with Gasteiger partial charge in [-0.15, -0.1) is 0 Å². The summed E-state index contributed by atoms with van der Waals surface area (Å²) in [5.74, 6) is -0.119. The highest BCUT2D eigenvalue weighted by Gasteiger charge is 2.22. The number of rotatable bonds is 4. The molecule has 1 aliphatic heterocycles. The predicted octanol–water partition coefficient (Wildman–Crippen LogP) is 0.607. The van der Waals surface area contributed by atoms with E-state index in [1.54, 1.807) is 7.05 Å². The van der Waals surface area contributed by atoms with E-state index in [1.165, 1.54) is 17.3 Å². The van der Waals surface area contributed by atoms with E-state index in [1.807, 2.05) is 0 Å². The zero-order chi connectivity index (χ0) is 13.8. The summed E-state index contributed by atoms with van der Waals surface area (Å²) < 4.78 is 1.52. The fourth-order valence-electron chi connectivity index (χ4n) is 2.60. The maximum absolute atomic E-state index is 12.2. The molecule has 19 heavy (non-hydrogen) atoms. The van der Waals surface area contributed by atoms with Crippen LogP contribution in [-0.4, -0.2) is 46.3 Å². The first-order chi connectivity index (χ1) is 9.11. The average molecular weight is 265 g/mol. The highest BCUT2D eigenvalue weighted by atomic mass is 16.2.